The normalized spacial score (nSPS) is 39.5. The van der Waals surface area contributed by atoms with E-state index < -0.39 is 10.1 Å². The molecule has 0 amide bonds. The van der Waals surface area contributed by atoms with Crippen LogP contribution in [0.2, 0.25) is 0 Å². The lowest BCUT2D eigenvalue weighted by atomic mass is 9.69. The predicted octanol–water partition coefficient (Wildman–Crippen LogP) is 2.65. The zero-order valence-electron chi connectivity index (χ0n) is 10.2. The number of rotatable bonds is 2. The van der Waals surface area contributed by atoms with Crippen LogP contribution < -0.4 is 0 Å². The van der Waals surface area contributed by atoms with Gasteiger partial charge in [0.25, 0.3) is 10.1 Å². The third-order valence-corrected chi connectivity index (χ3v) is 5.89. The molecule has 2 rings (SSSR count). The number of allylic oxidation sites excluding steroid dienone is 2. The van der Waals surface area contributed by atoms with E-state index in [1.807, 2.05) is 13.0 Å². The Hall–Kier alpha value is -0.350. The van der Waals surface area contributed by atoms with Crippen LogP contribution in [0.1, 0.15) is 40.0 Å². The Morgan fingerprint density at radius 2 is 2.12 bits per heavy atom. The van der Waals surface area contributed by atoms with Crippen molar-refractivity contribution in [3.8, 4) is 0 Å². The van der Waals surface area contributed by atoms with E-state index in [1.54, 1.807) is 0 Å². The summed E-state index contributed by atoms with van der Waals surface area (Å²) in [7, 11) is -3.91. The van der Waals surface area contributed by atoms with Gasteiger partial charge in [0.1, 0.15) is 0 Å². The van der Waals surface area contributed by atoms with E-state index in [2.05, 4.69) is 13.8 Å². The summed E-state index contributed by atoms with van der Waals surface area (Å²) < 4.78 is 31.7. The summed E-state index contributed by atoms with van der Waals surface area (Å²) in [6, 6.07) is 0. The number of fused-ring (bicyclic) bond motifs is 2. The summed E-state index contributed by atoms with van der Waals surface area (Å²) in [5, 5.41) is 0. The molecule has 0 saturated heterocycles. The number of hydrogen-bond donors (Lipinski definition) is 1. The molecule has 92 valence electrons. The molecule has 2 fully saturated rings. The van der Waals surface area contributed by atoms with Crippen LogP contribution in [0.4, 0.5) is 0 Å². The van der Waals surface area contributed by atoms with Crippen LogP contribution in [0, 0.1) is 16.7 Å². The van der Waals surface area contributed by atoms with Gasteiger partial charge in [0.2, 0.25) is 0 Å². The summed E-state index contributed by atoms with van der Waals surface area (Å²) in [5.74, 6) is 0.462. The highest BCUT2D eigenvalue weighted by molar-refractivity contribution is 7.85. The highest BCUT2D eigenvalue weighted by Crippen LogP contribution is 2.68. The standard InChI is InChI=1S/C12H20O3S/c1-4-9-7-10-5-6-12(9,11(10,2)3)8-16(13,14)15/h4,10H,5-8H2,1-3H3,(H,13,14,15). The first kappa shape index (κ1) is 12.1. The Labute approximate surface area is 97.7 Å². The maximum Gasteiger partial charge on any atom is 0.265 e. The lowest BCUT2D eigenvalue weighted by molar-refractivity contribution is 0.179. The molecule has 2 unspecified atom stereocenters. The van der Waals surface area contributed by atoms with Crippen LogP contribution in [-0.4, -0.2) is 18.7 Å². The summed E-state index contributed by atoms with van der Waals surface area (Å²) in [4.78, 5) is 0. The first-order chi connectivity index (χ1) is 7.23. The van der Waals surface area contributed by atoms with Gasteiger partial charge in [0.05, 0.1) is 5.75 Å². The van der Waals surface area contributed by atoms with Crippen molar-refractivity contribution in [1.82, 2.24) is 0 Å². The van der Waals surface area contributed by atoms with E-state index >= 15 is 0 Å². The van der Waals surface area contributed by atoms with Gasteiger partial charge in [-0.05, 0) is 37.5 Å². The molecule has 0 aromatic heterocycles. The third-order valence-electron chi connectivity index (χ3n) is 5.03. The van der Waals surface area contributed by atoms with E-state index in [-0.39, 0.29) is 16.6 Å². The minimum Gasteiger partial charge on any atom is -0.286 e. The van der Waals surface area contributed by atoms with Crippen molar-refractivity contribution >= 4 is 10.1 Å². The Kier molecular flexibility index (Phi) is 2.52. The largest absolute Gasteiger partial charge is 0.286 e. The molecule has 1 N–H and O–H groups in total. The fraction of sp³-hybridized carbons (Fsp3) is 0.833. The maximum absolute atomic E-state index is 11.2. The molecular weight excluding hydrogens is 224 g/mol. The fourth-order valence-electron chi connectivity index (χ4n) is 3.94. The second-order valence-electron chi connectivity index (χ2n) is 5.78. The monoisotopic (exact) mass is 244 g/mol. The lowest BCUT2D eigenvalue weighted by Gasteiger charge is -2.38. The lowest BCUT2D eigenvalue weighted by Crippen LogP contribution is -2.38. The topological polar surface area (TPSA) is 54.4 Å². The smallest absolute Gasteiger partial charge is 0.265 e. The van der Waals surface area contributed by atoms with Crippen LogP contribution >= 0.6 is 0 Å². The summed E-state index contributed by atoms with van der Waals surface area (Å²) in [5.41, 5.74) is 0.899. The van der Waals surface area contributed by atoms with Gasteiger partial charge in [-0.15, -0.1) is 0 Å². The highest BCUT2D eigenvalue weighted by Gasteiger charge is 2.62. The van der Waals surface area contributed by atoms with Crippen molar-refractivity contribution in [2.75, 3.05) is 5.75 Å². The zero-order valence-corrected chi connectivity index (χ0v) is 11.0. The van der Waals surface area contributed by atoms with E-state index in [0.717, 1.165) is 19.3 Å². The predicted molar refractivity (Wildman–Crippen MR) is 63.7 cm³/mol. The molecule has 3 nitrogen and oxygen atoms in total. The zero-order chi connectivity index (χ0) is 12.2. The Bertz CT molecular complexity index is 433. The van der Waals surface area contributed by atoms with Crippen molar-refractivity contribution in [1.29, 1.82) is 0 Å². The molecule has 2 bridgehead atoms. The quantitative estimate of drug-likeness (QED) is 0.600. The van der Waals surface area contributed by atoms with Crippen molar-refractivity contribution < 1.29 is 13.0 Å². The molecule has 0 aromatic carbocycles. The van der Waals surface area contributed by atoms with Gasteiger partial charge in [-0.3, -0.25) is 4.55 Å². The molecule has 2 aliphatic carbocycles. The highest BCUT2D eigenvalue weighted by atomic mass is 32.2. The van der Waals surface area contributed by atoms with Crippen LogP contribution in [-0.2, 0) is 10.1 Å². The SMILES string of the molecule is CC=C1CC2CCC1(CS(=O)(=O)O)C2(C)C. The van der Waals surface area contributed by atoms with E-state index in [9.17, 15) is 13.0 Å². The molecule has 16 heavy (non-hydrogen) atoms. The van der Waals surface area contributed by atoms with Gasteiger partial charge in [0, 0.05) is 5.41 Å². The molecule has 0 spiro atoms. The van der Waals surface area contributed by atoms with Gasteiger partial charge >= 0.3 is 0 Å². The number of hydrogen-bond acceptors (Lipinski definition) is 2. The van der Waals surface area contributed by atoms with Gasteiger partial charge < -0.3 is 0 Å². The molecule has 0 aromatic rings. The molecule has 2 aliphatic rings. The minimum absolute atomic E-state index is 0.00928. The summed E-state index contributed by atoms with van der Waals surface area (Å²) in [6.45, 7) is 6.26. The van der Waals surface area contributed by atoms with E-state index in [0.29, 0.717) is 5.92 Å². The van der Waals surface area contributed by atoms with Crippen molar-refractivity contribution in [2.24, 2.45) is 16.7 Å². The summed E-state index contributed by atoms with van der Waals surface area (Å²) in [6.07, 6.45) is 5.02. The fourth-order valence-corrected chi connectivity index (χ4v) is 5.27. The molecule has 0 aliphatic heterocycles. The first-order valence-electron chi connectivity index (χ1n) is 5.84. The van der Waals surface area contributed by atoms with Crippen LogP contribution in [0.25, 0.3) is 0 Å². The van der Waals surface area contributed by atoms with Gasteiger partial charge in [-0.1, -0.05) is 25.5 Å². The average molecular weight is 244 g/mol. The molecule has 2 atom stereocenters. The van der Waals surface area contributed by atoms with Crippen molar-refractivity contribution in [2.45, 2.75) is 40.0 Å². The average Bonchev–Trinajstić information content (AvgIpc) is 2.47. The minimum atomic E-state index is -3.91. The maximum atomic E-state index is 11.2. The molecular formula is C12H20O3S. The van der Waals surface area contributed by atoms with E-state index in [1.165, 1.54) is 5.57 Å². The van der Waals surface area contributed by atoms with E-state index in [4.69, 9.17) is 0 Å². The van der Waals surface area contributed by atoms with Gasteiger partial charge in [0.15, 0.2) is 0 Å². The third kappa shape index (κ3) is 1.46. The molecule has 4 heteroatoms. The van der Waals surface area contributed by atoms with Crippen molar-refractivity contribution in [3.63, 3.8) is 0 Å². The second kappa shape index (κ2) is 3.33. The Morgan fingerprint density at radius 1 is 1.50 bits per heavy atom. The molecule has 2 saturated carbocycles. The molecule has 0 radical (unpaired) electrons. The Balaban J connectivity index is 2.49. The first-order valence-corrected chi connectivity index (χ1v) is 7.45. The van der Waals surface area contributed by atoms with Gasteiger partial charge in [-0.25, -0.2) is 0 Å². The molecule has 0 heterocycles. The second-order valence-corrected chi connectivity index (χ2v) is 7.24. The Morgan fingerprint density at radius 3 is 2.56 bits per heavy atom. The summed E-state index contributed by atoms with van der Waals surface area (Å²) >= 11 is 0. The van der Waals surface area contributed by atoms with Crippen LogP contribution in [0.5, 0.6) is 0 Å². The van der Waals surface area contributed by atoms with Crippen LogP contribution in [0.15, 0.2) is 11.6 Å². The van der Waals surface area contributed by atoms with Crippen molar-refractivity contribution in [3.05, 3.63) is 11.6 Å². The van der Waals surface area contributed by atoms with Crippen LogP contribution in [0.3, 0.4) is 0 Å². The van der Waals surface area contributed by atoms with Gasteiger partial charge in [-0.2, -0.15) is 8.42 Å².